The summed E-state index contributed by atoms with van der Waals surface area (Å²) in [6, 6.07) is 0. The van der Waals surface area contributed by atoms with Gasteiger partial charge in [-0.05, 0) is 19.8 Å². The number of rotatable bonds is 4. The van der Waals surface area contributed by atoms with Crippen molar-refractivity contribution in [1.29, 1.82) is 0 Å². The highest BCUT2D eigenvalue weighted by atomic mass is 16.4. The van der Waals surface area contributed by atoms with Crippen LogP contribution in [0.15, 0.2) is 0 Å². The first-order valence-corrected chi connectivity index (χ1v) is 5.52. The first-order valence-electron chi connectivity index (χ1n) is 5.52. The van der Waals surface area contributed by atoms with E-state index in [1.54, 1.807) is 0 Å². The van der Waals surface area contributed by atoms with Crippen LogP contribution in [0.1, 0.15) is 39.0 Å². The molecule has 0 aromatic heterocycles. The number of amides is 1. The molecule has 0 aliphatic heterocycles. The van der Waals surface area contributed by atoms with E-state index in [1.165, 1.54) is 14.0 Å². The summed E-state index contributed by atoms with van der Waals surface area (Å²) in [6.45, 7) is 1.37. The topological polar surface area (TPSA) is 86.6 Å². The fourth-order valence-electron chi connectivity index (χ4n) is 2.40. The van der Waals surface area contributed by atoms with E-state index in [1.807, 2.05) is 0 Å². The maximum atomic E-state index is 11.6. The molecule has 0 bridgehead atoms. The average molecular weight is 229 g/mol. The Morgan fingerprint density at radius 1 is 1.38 bits per heavy atom. The monoisotopic (exact) mass is 229 g/mol. The van der Waals surface area contributed by atoms with Crippen LogP contribution >= 0.6 is 0 Å². The van der Waals surface area contributed by atoms with Crippen LogP contribution < -0.4 is 5.32 Å². The lowest BCUT2D eigenvalue weighted by atomic mass is 9.77. The fraction of sp³-hybridized carbons (Fsp3) is 0.818. The third-order valence-corrected chi connectivity index (χ3v) is 3.42. The molecule has 1 atom stereocenters. The highest BCUT2D eigenvalue weighted by molar-refractivity contribution is 6.01. The zero-order valence-electron chi connectivity index (χ0n) is 9.75. The van der Waals surface area contributed by atoms with Crippen LogP contribution in [0.25, 0.3) is 0 Å². The van der Waals surface area contributed by atoms with E-state index in [2.05, 4.69) is 5.32 Å². The number of carbonyl (C=O) groups excluding carboxylic acids is 1. The SMILES string of the molecule is CNC(=O)C(C)(CC1(O)CCCC1)C(=O)O. The van der Waals surface area contributed by atoms with Crippen LogP contribution in [0.3, 0.4) is 0 Å². The van der Waals surface area contributed by atoms with E-state index in [-0.39, 0.29) is 6.42 Å². The molecule has 0 radical (unpaired) electrons. The Balaban J connectivity index is 2.86. The van der Waals surface area contributed by atoms with Crippen molar-refractivity contribution in [2.24, 2.45) is 5.41 Å². The quantitative estimate of drug-likeness (QED) is 0.613. The zero-order valence-corrected chi connectivity index (χ0v) is 9.75. The van der Waals surface area contributed by atoms with Crippen LogP contribution in [0.4, 0.5) is 0 Å². The van der Waals surface area contributed by atoms with Crippen LogP contribution in [-0.2, 0) is 9.59 Å². The molecule has 0 aromatic rings. The summed E-state index contributed by atoms with van der Waals surface area (Å²) >= 11 is 0. The van der Waals surface area contributed by atoms with E-state index in [0.717, 1.165) is 12.8 Å². The van der Waals surface area contributed by atoms with Gasteiger partial charge in [0.25, 0.3) is 0 Å². The number of carbonyl (C=O) groups is 2. The van der Waals surface area contributed by atoms with Gasteiger partial charge in [-0.1, -0.05) is 12.8 Å². The molecule has 3 N–H and O–H groups in total. The molecule has 0 aromatic carbocycles. The van der Waals surface area contributed by atoms with Gasteiger partial charge in [0.1, 0.15) is 5.41 Å². The average Bonchev–Trinajstić information content (AvgIpc) is 2.63. The van der Waals surface area contributed by atoms with Crippen LogP contribution in [-0.4, -0.2) is 34.7 Å². The lowest BCUT2D eigenvalue weighted by Crippen LogP contribution is -2.48. The fourth-order valence-corrected chi connectivity index (χ4v) is 2.40. The maximum absolute atomic E-state index is 11.6. The number of carboxylic acid groups (broad SMARTS) is 1. The lowest BCUT2D eigenvalue weighted by Gasteiger charge is -2.31. The number of aliphatic hydroxyl groups is 1. The van der Waals surface area contributed by atoms with Gasteiger partial charge in [-0.2, -0.15) is 0 Å². The van der Waals surface area contributed by atoms with Gasteiger partial charge in [-0.3, -0.25) is 9.59 Å². The Bertz CT molecular complexity index is 296. The Morgan fingerprint density at radius 3 is 2.25 bits per heavy atom. The van der Waals surface area contributed by atoms with Gasteiger partial charge in [-0.25, -0.2) is 0 Å². The van der Waals surface area contributed by atoms with E-state index in [4.69, 9.17) is 5.11 Å². The first kappa shape index (κ1) is 13.0. The van der Waals surface area contributed by atoms with E-state index in [9.17, 15) is 14.7 Å². The summed E-state index contributed by atoms with van der Waals surface area (Å²) in [6.07, 6.45) is 2.91. The lowest BCUT2D eigenvalue weighted by molar-refractivity contribution is -0.159. The molecule has 1 rings (SSSR count). The molecule has 16 heavy (non-hydrogen) atoms. The van der Waals surface area contributed by atoms with E-state index >= 15 is 0 Å². The van der Waals surface area contributed by atoms with Gasteiger partial charge in [0.2, 0.25) is 5.91 Å². The van der Waals surface area contributed by atoms with Gasteiger partial charge in [0.15, 0.2) is 0 Å². The van der Waals surface area contributed by atoms with Crippen molar-refractivity contribution in [3.63, 3.8) is 0 Å². The highest BCUT2D eigenvalue weighted by Crippen LogP contribution is 2.39. The van der Waals surface area contributed by atoms with Crippen molar-refractivity contribution in [2.75, 3.05) is 7.05 Å². The summed E-state index contributed by atoms with van der Waals surface area (Å²) in [7, 11) is 1.40. The largest absolute Gasteiger partial charge is 0.480 e. The molecular weight excluding hydrogens is 210 g/mol. The Kier molecular flexibility index (Phi) is 3.57. The standard InChI is InChI=1S/C11H19NO4/c1-10(9(14)15,8(13)12-2)7-11(16)5-3-4-6-11/h16H,3-7H2,1-2H3,(H,12,13)(H,14,15). The molecular formula is C11H19NO4. The van der Waals surface area contributed by atoms with Crippen LogP contribution in [0.5, 0.6) is 0 Å². The summed E-state index contributed by atoms with van der Waals surface area (Å²) < 4.78 is 0. The third-order valence-electron chi connectivity index (χ3n) is 3.42. The third kappa shape index (κ3) is 2.35. The second-order valence-electron chi connectivity index (χ2n) is 4.82. The molecule has 0 heterocycles. The van der Waals surface area contributed by atoms with Gasteiger partial charge >= 0.3 is 5.97 Å². The van der Waals surface area contributed by atoms with Gasteiger partial charge in [0, 0.05) is 13.5 Å². The Hall–Kier alpha value is -1.10. The molecule has 0 spiro atoms. The van der Waals surface area contributed by atoms with Gasteiger partial charge in [0.05, 0.1) is 5.60 Å². The summed E-state index contributed by atoms with van der Waals surface area (Å²) in [4.78, 5) is 22.8. The maximum Gasteiger partial charge on any atom is 0.319 e. The minimum atomic E-state index is -1.55. The summed E-state index contributed by atoms with van der Waals surface area (Å²) in [5.74, 6) is -1.74. The Labute approximate surface area is 94.8 Å². The second-order valence-corrected chi connectivity index (χ2v) is 4.82. The summed E-state index contributed by atoms with van der Waals surface area (Å²) in [5.41, 5.74) is -2.55. The summed E-state index contributed by atoms with van der Waals surface area (Å²) in [5, 5.41) is 21.7. The molecule has 1 aliphatic rings. The van der Waals surface area contributed by atoms with E-state index < -0.39 is 22.9 Å². The molecule has 1 aliphatic carbocycles. The highest BCUT2D eigenvalue weighted by Gasteiger charge is 2.48. The minimum Gasteiger partial charge on any atom is -0.480 e. The predicted octanol–water partition coefficient (Wildman–Crippen LogP) is 0.518. The molecule has 1 fully saturated rings. The van der Waals surface area contributed by atoms with E-state index in [0.29, 0.717) is 12.8 Å². The van der Waals surface area contributed by atoms with Crippen molar-refractivity contribution in [2.45, 2.75) is 44.6 Å². The second kappa shape index (κ2) is 4.41. The predicted molar refractivity (Wildman–Crippen MR) is 57.8 cm³/mol. The number of aliphatic carboxylic acids is 1. The minimum absolute atomic E-state index is 0.0188. The molecule has 1 amide bonds. The van der Waals surface area contributed by atoms with Crippen molar-refractivity contribution in [1.82, 2.24) is 5.32 Å². The number of hydrogen-bond acceptors (Lipinski definition) is 3. The first-order chi connectivity index (χ1) is 7.34. The Morgan fingerprint density at radius 2 is 1.88 bits per heavy atom. The smallest absolute Gasteiger partial charge is 0.319 e. The molecule has 0 saturated heterocycles. The van der Waals surface area contributed by atoms with Crippen molar-refractivity contribution in [3.8, 4) is 0 Å². The van der Waals surface area contributed by atoms with Gasteiger partial charge < -0.3 is 15.5 Å². The van der Waals surface area contributed by atoms with Crippen LogP contribution in [0, 0.1) is 5.41 Å². The number of hydrogen-bond donors (Lipinski definition) is 3. The molecule has 5 heteroatoms. The molecule has 1 saturated carbocycles. The van der Waals surface area contributed by atoms with Crippen molar-refractivity contribution < 1.29 is 19.8 Å². The molecule has 5 nitrogen and oxygen atoms in total. The van der Waals surface area contributed by atoms with Crippen molar-refractivity contribution >= 4 is 11.9 Å². The normalized spacial score (nSPS) is 22.4. The molecule has 92 valence electrons. The number of carboxylic acids is 1. The zero-order chi connectivity index (χ0) is 12.4. The molecule has 1 unspecified atom stereocenters. The van der Waals surface area contributed by atoms with Crippen molar-refractivity contribution in [3.05, 3.63) is 0 Å². The number of nitrogens with one attached hydrogen (secondary N) is 1. The van der Waals surface area contributed by atoms with Gasteiger partial charge in [-0.15, -0.1) is 0 Å². The van der Waals surface area contributed by atoms with Crippen LogP contribution in [0.2, 0.25) is 0 Å².